The highest BCUT2D eigenvalue weighted by atomic mass is 15.3. The van der Waals surface area contributed by atoms with Gasteiger partial charge in [0.05, 0.1) is 16.6 Å². The van der Waals surface area contributed by atoms with Crippen LogP contribution >= 0.6 is 0 Å². The highest BCUT2D eigenvalue weighted by molar-refractivity contribution is 6.21. The highest BCUT2D eigenvalue weighted by Crippen LogP contribution is 2.61. The predicted octanol–water partition coefficient (Wildman–Crippen LogP) is 14.7. The van der Waals surface area contributed by atoms with Gasteiger partial charge in [0.2, 0.25) is 0 Å². The monoisotopic (exact) mass is 720 g/mol. The molecule has 11 rings (SSSR count). The molecule has 2 heteroatoms. The summed E-state index contributed by atoms with van der Waals surface area (Å²) in [5.74, 6) is 0. The average Bonchev–Trinajstić information content (AvgIpc) is 3.71. The predicted molar refractivity (Wildman–Crippen MR) is 237 cm³/mol. The molecular weight excluding hydrogens is 677 g/mol. The first-order valence-electron chi connectivity index (χ1n) is 20.2. The number of rotatable bonds is 5. The lowest BCUT2D eigenvalue weighted by Crippen LogP contribution is -2.54. The summed E-state index contributed by atoms with van der Waals surface area (Å²) in [6.07, 6.45) is 4.92. The van der Waals surface area contributed by atoms with Crippen LogP contribution in [0.1, 0.15) is 45.1 Å². The van der Waals surface area contributed by atoms with Gasteiger partial charge in [-0.05, 0) is 118 Å². The molecule has 0 bridgehead atoms. The van der Waals surface area contributed by atoms with E-state index in [1.807, 2.05) is 0 Å². The van der Waals surface area contributed by atoms with Crippen molar-refractivity contribution in [2.45, 2.75) is 50.5 Å². The Labute approximate surface area is 329 Å². The minimum absolute atomic E-state index is 0.000174. The minimum Gasteiger partial charge on any atom is -0.334 e. The first kappa shape index (κ1) is 33.0. The Morgan fingerprint density at radius 3 is 1.71 bits per heavy atom. The van der Waals surface area contributed by atoms with Crippen LogP contribution in [0.2, 0.25) is 0 Å². The largest absolute Gasteiger partial charge is 0.334 e. The molecule has 2 nitrogen and oxygen atoms in total. The third-order valence-electron chi connectivity index (χ3n) is 13.6. The standard InChI is InChI=1S/C54H44N2/c1-53-34-10-11-35-54(53,2)56(50-32-27-43(36-48(50)53)41-20-18-38(19-21-41)37-12-4-3-5-13-37)45-30-24-40(25-31-45)39-22-28-44(29-23-39)55-49-17-9-8-16-47(49)52-46-15-7-6-14-42(46)26-33-51(52)55/h3-9,12-33,36H,10-11,34-35H2,1-2H3. The quantitative estimate of drug-likeness (QED) is 0.172. The molecular formula is C54H44N2. The molecule has 0 saturated heterocycles. The van der Waals surface area contributed by atoms with Crippen molar-refractivity contribution in [3.8, 4) is 39.1 Å². The van der Waals surface area contributed by atoms with Crippen LogP contribution in [0.25, 0.3) is 71.6 Å². The van der Waals surface area contributed by atoms with Crippen molar-refractivity contribution in [3.63, 3.8) is 0 Å². The first-order chi connectivity index (χ1) is 27.5. The van der Waals surface area contributed by atoms with E-state index in [9.17, 15) is 0 Å². The molecule has 0 spiro atoms. The van der Waals surface area contributed by atoms with E-state index in [2.05, 4.69) is 205 Å². The summed E-state index contributed by atoms with van der Waals surface area (Å²) in [5, 5.41) is 5.18. The third kappa shape index (κ3) is 4.88. The summed E-state index contributed by atoms with van der Waals surface area (Å²) in [5.41, 5.74) is 15.4. The zero-order valence-electron chi connectivity index (χ0n) is 32.0. The van der Waals surface area contributed by atoms with E-state index < -0.39 is 0 Å². The molecule has 1 fully saturated rings. The van der Waals surface area contributed by atoms with E-state index >= 15 is 0 Å². The molecule has 1 saturated carbocycles. The first-order valence-corrected chi connectivity index (χ1v) is 20.2. The number of para-hydroxylation sites is 1. The Morgan fingerprint density at radius 1 is 0.429 bits per heavy atom. The molecule has 56 heavy (non-hydrogen) atoms. The lowest BCUT2D eigenvalue weighted by Gasteiger charge is -2.50. The van der Waals surface area contributed by atoms with Crippen LogP contribution in [0.3, 0.4) is 0 Å². The van der Waals surface area contributed by atoms with Crippen molar-refractivity contribution in [2.75, 3.05) is 4.90 Å². The molecule has 270 valence electrons. The van der Waals surface area contributed by atoms with Crippen molar-refractivity contribution in [1.82, 2.24) is 4.57 Å². The van der Waals surface area contributed by atoms with Gasteiger partial charge in [0.1, 0.15) is 0 Å². The summed E-state index contributed by atoms with van der Waals surface area (Å²) in [4.78, 5) is 2.68. The number of nitrogens with zero attached hydrogens (tertiary/aromatic N) is 2. The van der Waals surface area contributed by atoms with Gasteiger partial charge >= 0.3 is 0 Å². The fraction of sp³-hybridized carbons (Fsp3) is 0.148. The van der Waals surface area contributed by atoms with Crippen molar-refractivity contribution < 1.29 is 0 Å². The molecule has 0 radical (unpaired) electrons. The average molecular weight is 721 g/mol. The second-order valence-electron chi connectivity index (χ2n) is 16.5. The number of benzene rings is 8. The Hall–Kier alpha value is -6.38. The van der Waals surface area contributed by atoms with Gasteiger partial charge in [0.15, 0.2) is 0 Å². The number of fused-ring (bicyclic) bond motifs is 8. The maximum Gasteiger partial charge on any atom is 0.0547 e. The van der Waals surface area contributed by atoms with Crippen LogP contribution in [0, 0.1) is 0 Å². The highest BCUT2D eigenvalue weighted by Gasteiger charge is 2.57. The number of hydrogen-bond donors (Lipinski definition) is 0. The molecule has 0 N–H and O–H groups in total. The van der Waals surface area contributed by atoms with Gasteiger partial charge in [-0.3, -0.25) is 0 Å². The van der Waals surface area contributed by atoms with Gasteiger partial charge in [-0.15, -0.1) is 0 Å². The summed E-state index contributed by atoms with van der Waals surface area (Å²) in [7, 11) is 0. The Kier molecular flexibility index (Phi) is 7.41. The van der Waals surface area contributed by atoms with Gasteiger partial charge in [0, 0.05) is 33.2 Å². The molecule has 8 aromatic carbocycles. The van der Waals surface area contributed by atoms with E-state index in [1.165, 1.54) is 114 Å². The van der Waals surface area contributed by atoms with Crippen LogP contribution in [0.5, 0.6) is 0 Å². The van der Waals surface area contributed by atoms with Crippen molar-refractivity contribution in [1.29, 1.82) is 0 Å². The number of anilines is 2. The summed E-state index contributed by atoms with van der Waals surface area (Å²) in [6.45, 7) is 5.05. The third-order valence-corrected chi connectivity index (χ3v) is 13.6. The maximum atomic E-state index is 2.68. The van der Waals surface area contributed by atoms with Crippen LogP contribution in [-0.2, 0) is 5.41 Å². The van der Waals surface area contributed by atoms with E-state index in [4.69, 9.17) is 0 Å². The number of aromatic nitrogens is 1. The molecule has 1 aromatic heterocycles. The molecule has 0 amide bonds. The van der Waals surface area contributed by atoms with Crippen LogP contribution in [0.4, 0.5) is 11.4 Å². The SMILES string of the molecule is CC12CCCCC1(C)N(c1ccc(-c3ccc(-n4c5ccccc5c5c6ccccc6ccc54)cc3)cc1)c1ccc(-c3ccc(-c4ccccc4)cc3)cc12. The van der Waals surface area contributed by atoms with E-state index in [0.717, 1.165) is 0 Å². The zero-order chi connectivity index (χ0) is 37.4. The minimum atomic E-state index is 0.000174. The Morgan fingerprint density at radius 2 is 0.982 bits per heavy atom. The molecule has 9 aromatic rings. The molecule has 1 aliphatic carbocycles. The van der Waals surface area contributed by atoms with Crippen molar-refractivity contribution >= 4 is 44.0 Å². The summed E-state index contributed by atoms with van der Waals surface area (Å²) < 4.78 is 2.42. The lowest BCUT2D eigenvalue weighted by molar-refractivity contribution is 0.195. The van der Waals surface area contributed by atoms with Crippen LogP contribution in [0.15, 0.2) is 182 Å². The van der Waals surface area contributed by atoms with Gasteiger partial charge in [0.25, 0.3) is 0 Å². The normalized spacial score (nSPS) is 19.1. The van der Waals surface area contributed by atoms with Crippen LogP contribution < -0.4 is 4.90 Å². The van der Waals surface area contributed by atoms with Crippen LogP contribution in [-0.4, -0.2) is 10.1 Å². The lowest BCUT2D eigenvalue weighted by atomic mass is 9.61. The topological polar surface area (TPSA) is 8.17 Å². The smallest absolute Gasteiger partial charge is 0.0547 e. The molecule has 2 heterocycles. The maximum absolute atomic E-state index is 2.68. The van der Waals surface area contributed by atoms with Gasteiger partial charge < -0.3 is 9.47 Å². The van der Waals surface area contributed by atoms with Gasteiger partial charge in [-0.25, -0.2) is 0 Å². The zero-order valence-corrected chi connectivity index (χ0v) is 32.0. The Balaban J connectivity index is 0.928. The van der Waals surface area contributed by atoms with E-state index in [0.29, 0.717) is 0 Å². The molecule has 2 unspecified atom stereocenters. The number of hydrogen-bond acceptors (Lipinski definition) is 1. The fourth-order valence-electron chi connectivity index (χ4n) is 10.4. The molecule has 1 aliphatic heterocycles. The molecule has 2 atom stereocenters. The second-order valence-corrected chi connectivity index (χ2v) is 16.5. The summed E-state index contributed by atoms with van der Waals surface area (Å²) in [6, 6.07) is 67.5. The van der Waals surface area contributed by atoms with Gasteiger partial charge in [-0.1, -0.05) is 153 Å². The van der Waals surface area contributed by atoms with E-state index in [-0.39, 0.29) is 11.0 Å². The summed E-state index contributed by atoms with van der Waals surface area (Å²) >= 11 is 0. The van der Waals surface area contributed by atoms with Gasteiger partial charge in [-0.2, -0.15) is 0 Å². The second kappa shape index (κ2) is 12.6. The van der Waals surface area contributed by atoms with Crippen molar-refractivity contribution in [3.05, 3.63) is 188 Å². The van der Waals surface area contributed by atoms with E-state index in [1.54, 1.807) is 0 Å². The fourth-order valence-corrected chi connectivity index (χ4v) is 10.4. The van der Waals surface area contributed by atoms with Crippen molar-refractivity contribution in [2.24, 2.45) is 0 Å². The molecule has 2 aliphatic rings. The Bertz CT molecular complexity index is 2920.